The molecule has 16 nitrogen and oxygen atoms in total. The molecule has 1 aliphatic carbocycles. The van der Waals surface area contributed by atoms with E-state index in [-0.39, 0.29) is 86.9 Å². The van der Waals surface area contributed by atoms with Crippen LogP contribution in [0.4, 0.5) is 43.4 Å². The van der Waals surface area contributed by atoms with E-state index in [4.69, 9.17) is 9.47 Å². The highest BCUT2D eigenvalue weighted by atomic mass is 19.4. The third kappa shape index (κ3) is 13.0. The lowest BCUT2D eigenvalue weighted by molar-refractivity contribution is -0.167. The monoisotopic (exact) mass is 1150 g/mol. The lowest BCUT2D eigenvalue weighted by atomic mass is 9.77. The fourth-order valence-corrected chi connectivity index (χ4v) is 11.0. The number of rotatable bonds is 20. The van der Waals surface area contributed by atoms with E-state index in [1.165, 1.54) is 30.3 Å². The number of likely N-dealkylation sites (N-methyl/N-ethyl adjacent to an activating group) is 1. The number of anilines is 3. The van der Waals surface area contributed by atoms with Crippen molar-refractivity contribution in [3.05, 3.63) is 148 Å². The summed E-state index contributed by atoms with van der Waals surface area (Å²) in [6.07, 6.45) is -2.17. The molecule has 0 bridgehead atoms. The smallest absolute Gasteiger partial charge is 0.456 e. The molecule has 22 heteroatoms. The van der Waals surface area contributed by atoms with Crippen LogP contribution in [-0.2, 0) is 42.5 Å². The number of halogens is 6. The predicted molar refractivity (Wildman–Crippen MR) is 296 cm³/mol. The van der Waals surface area contributed by atoms with Gasteiger partial charge in [-0.3, -0.25) is 28.8 Å². The van der Waals surface area contributed by atoms with Crippen LogP contribution in [-0.4, -0.2) is 84.0 Å². The number of hydrogen-bond donors (Lipinski definition) is 5. The first-order valence-electron chi connectivity index (χ1n) is 27.6. The zero-order valence-electron chi connectivity index (χ0n) is 45.5. The molecular formula is C61H61F6N7O9. The molecule has 83 heavy (non-hydrogen) atoms. The van der Waals surface area contributed by atoms with Crippen LogP contribution in [0.15, 0.2) is 109 Å². The summed E-state index contributed by atoms with van der Waals surface area (Å²) in [6.45, 7) is 5.33. The van der Waals surface area contributed by atoms with Gasteiger partial charge in [0.15, 0.2) is 5.60 Å². The summed E-state index contributed by atoms with van der Waals surface area (Å²) in [4.78, 5) is 93.2. The van der Waals surface area contributed by atoms with Crippen LogP contribution in [0, 0.1) is 5.92 Å². The quantitative estimate of drug-likeness (QED) is 0.0280. The van der Waals surface area contributed by atoms with Gasteiger partial charge in [-0.05, 0) is 118 Å². The normalized spacial score (nSPS) is 15.9. The molecule has 6 aromatic rings. The number of aryl methyl sites for hydroxylation is 1. The number of amides is 6. The number of fused-ring (bicyclic) bond motifs is 7. The highest BCUT2D eigenvalue weighted by Gasteiger charge is 2.54. The van der Waals surface area contributed by atoms with Crippen LogP contribution >= 0.6 is 0 Å². The van der Waals surface area contributed by atoms with Crippen LogP contribution < -0.4 is 36.2 Å². The van der Waals surface area contributed by atoms with Crippen molar-refractivity contribution >= 4 is 69.4 Å². The Morgan fingerprint density at radius 2 is 1.25 bits per heavy atom. The van der Waals surface area contributed by atoms with Gasteiger partial charge in [0.05, 0.1) is 5.56 Å². The molecule has 6 amide bonds. The van der Waals surface area contributed by atoms with Gasteiger partial charge < -0.3 is 45.5 Å². The van der Waals surface area contributed by atoms with Gasteiger partial charge in [0, 0.05) is 93.9 Å². The van der Waals surface area contributed by atoms with E-state index in [0.29, 0.717) is 57.4 Å². The average Bonchev–Trinajstić information content (AvgIpc) is 2.33. The van der Waals surface area contributed by atoms with Crippen molar-refractivity contribution in [3.8, 4) is 11.5 Å². The number of nitrogens with one attached hydrogen (secondary N) is 5. The van der Waals surface area contributed by atoms with Gasteiger partial charge in [-0.2, -0.15) is 26.3 Å². The molecule has 9 rings (SSSR count). The summed E-state index contributed by atoms with van der Waals surface area (Å²) >= 11 is 0. The Morgan fingerprint density at radius 1 is 0.651 bits per heavy atom. The van der Waals surface area contributed by atoms with Crippen molar-refractivity contribution < 1.29 is 69.4 Å². The molecule has 436 valence electrons. The minimum atomic E-state index is -5.25. The number of carbonyl (C=O) groups excluding carboxylic acids is 7. The summed E-state index contributed by atoms with van der Waals surface area (Å²) in [5, 5.41) is 13.4. The number of benzene rings is 5. The van der Waals surface area contributed by atoms with E-state index in [2.05, 4.69) is 22.9 Å². The molecule has 2 aliphatic heterocycles. The van der Waals surface area contributed by atoms with E-state index in [9.17, 15) is 59.9 Å². The molecule has 1 aromatic heterocycles. The standard InChI is InChI=1S/C61H61F6N7O9/c1-3-36-14-13-16-43(30-36)73(4-2)52(75)35-74-48-17-10-9-15-38(48)32-49(74)55(78)70-40-21-18-37(19-22-40)53(76)68-28-11-7-5-6-8-12-29-69-54(77)39-20-25-45-44(31-39)56(79)83-59(45)46-26-23-41(71-57(80)60(62,63)64)33-50(46)82-51-34-42(24-27-47(51)59)72-58(81)61(65,66)67/h9-10,13-17,20,23-27,30-34,37,40H,3-8,11-12,18-19,21-22,28-29,35H2,1-2H3,(H,68,76)(H,69,77)(H,70,78)(H,71,80)(H,72,81)/t37-,40-. The molecule has 3 aliphatic rings. The van der Waals surface area contributed by atoms with E-state index in [1.54, 1.807) is 20.1 Å². The van der Waals surface area contributed by atoms with Gasteiger partial charge in [-0.25, -0.2) is 4.79 Å². The Hall–Kier alpha value is -8.69. The number of nitrogens with zero attached hydrogens (tertiary/aromatic N) is 2. The second-order valence-electron chi connectivity index (χ2n) is 20.8. The molecule has 0 radical (unpaired) electrons. The van der Waals surface area contributed by atoms with Gasteiger partial charge in [0.25, 0.3) is 11.8 Å². The number of carbonyl (C=O) groups is 7. The molecule has 1 spiro atoms. The number of unbranched alkanes of at least 4 members (excludes halogenated alkanes) is 5. The summed E-state index contributed by atoms with van der Waals surface area (Å²) in [5.41, 5.74) is 0.889. The van der Waals surface area contributed by atoms with Crippen LogP contribution in [0.25, 0.3) is 10.9 Å². The molecule has 5 aromatic carbocycles. The van der Waals surface area contributed by atoms with E-state index in [1.807, 2.05) is 61.5 Å². The maximum absolute atomic E-state index is 13.9. The van der Waals surface area contributed by atoms with Crippen molar-refractivity contribution in [1.29, 1.82) is 0 Å². The molecule has 0 atom stereocenters. The van der Waals surface area contributed by atoms with Crippen molar-refractivity contribution in [1.82, 2.24) is 20.5 Å². The Kier molecular flexibility index (Phi) is 17.6. The minimum Gasteiger partial charge on any atom is -0.456 e. The maximum atomic E-state index is 13.9. The molecule has 1 saturated carbocycles. The fourth-order valence-electron chi connectivity index (χ4n) is 11.0. The minimum absolute atomic E-state index is 0.00180. The predicted octanol–water partition coefficient (Wildman–Crippen LogP) is 11.0. The number of alkyl halides is 6. The highest BCUT2D eigenvalue weighted by molar-refractivity contribution is 6.03. The number of ether oxygens (including phenoxy) is 2. The first kappa shape index (κ1) is 58.9. The van der Waals surface area contributed by atoms with Crippen molar-refractivity contribution in [2.75, 3.05) is 35.2 Å². The number of esters is 1. The highest BCUT2D eigenvalue weighted by Crippen LogP contribution is 2.57. The lowest BCUT2D eigenvalue weighted by Crippen LogP contribution is -2.42. The van der Waals surface area contributed by atoms with E-state index in [0.717, 1.165) is 84.9 Å². The molecule has 0 saturated heterocycles. The second kappa shape index (κ2) is 24.8. The zero-order valence-corrected chi connectivity index (χ0v) is 45.5. The van der Waals surface area contributed by atoms with Crippen LogP contribution in [0.1, 0.15) is 132 Å². The SMILES string of the molecule is CCc1cccc(N(CC)C(=O)Cn2c(C(=O)N[C@H]3CC[C@H](C(=O)NCCCCCCCCNC(=O)c4ccc5c(c4)C(=O)OC54c5ccc(NC(=O)C(F)(F)F)cc5Oc5cc(NC(=O)C(F)(F)F)ccc54)CC3)cc3ccccc32)c1. The zero-order chi connectivity index (χ0) is 59.2. The first-order valence-corrected chi connectivity index (χ1v) is 27.6. The van der Waals surface area contributed by atoms with Crippen molar-refractivity contribution in [2.45, 2.75) is 115 Å². The van der Waals surface area contributed by atoms with Crippen molar-refractivity contribution in [2.24, 2.45) is 5.92 Å². The summed E-state index contributed by atoms with van der Waals surface area (Å²) in [5.74, 6) is -6.99. The molecule has 1 fully saturated rings. The summed E-state index contributed by atoms with van der Waals surface area (Å²) in [6, 6.07) is 28.3. The maximum Gasteiger partial charge on any atom is 0.471 e. The summed E-state index contributed by atoms with van der Waals surface area (Å²) < 4.78 is 92.5. The number of aromatic nitrogens is 1. The van der Waals surface area contributed by atoms with Crippen LogP contribution in [0.5, 0.6) is 11.5 Å². The second-order valence-corrected chi connectivity index (χ2v) is 20.8. The fraction of sp³-hybridized carbons (Fsp3) is 0.361. The van der Waals surface area contributed by atoms with E-state index < -0.39 is 41.6 Å². The first-order chi connectivity index (χ1) is 39.7. The molecular weight excluding hydrogens is 1090 g/mol. The Labute approximate surface area is 473 Å². The summed E-state index contributed by atoms with van der Waals surface area (Å²) in [7, 11) is 0. The van der Waals surface area contributed by atoms with Crippen molar-refractivity contribution in [3.63, 3.8) is 0 Å². The molecule has 3 heterocycles. The van der Waals surface area contributed by atoms with Crippen LogP contribution in [0.2, 0.25) is 0 Å². The van der Waals surface area contributed by atoms with E-state index >= 15 is 0 Å². The third-order valence-corrected chi connectivity index (χ3v) is 15.3. The topological polar surface area (TPSA) is 206 Å². The Balaban J connectivity index is 0.711. The van der Waals surface area contributed by atoms with Gasteiger partial charge >= 0.3 is 30.1 Å². The van der Waals surface area contributed by atoms with Gasteiger partial charge in [0.2, 0.25) is 11.8 Å². The Bertz CT molecular complexity index is 3400. The molecule has 0 unspecified atom stereocenters. The average molecular weight is 1150 g/mol. The Morgan fingerprint density at radius 3 is 1.87 bits per heavy atom. The lowest BCUT2D eigenvalue weighted by Gasteiger charge is -2.37. The number of para-hydroxylation sites is 1. The largest absolute Gasteiger partial charge is 0.471 e. The van der Waals surface area contributed by atoms with Crippen LogP contribution in [0.3, 0.4) is 0 Å². The number of hydrogen-bond acceptors (Lipinski definition) is 9. The van der Waals surface area contributed by atoms with Gasteiger partial charge in [-0.1, -0.05) is 69.0 Å². The molecule has 5 N–H and O–H groups in total. The third-order valence-electron chi connectivity index (χ3n) is 15.3. The van der Waals surface area contributed by atoms with Gasteiger partial charge in [0.1, 0.15) is 23.7 Å². The van der Waals surface area contributed by atoms with Gasteiger partial charge in [-0.15, -0.1) is 0 Å².